The van der Waals surface area contributed by atoms with E-state index < -0.39 is 0 Å². The summed E-state index contributed by atoms with van der Waals surface area (Å²) in [6, 6.07) is 10.4. The third kappa shape index (κ3) is 2.47. The lowest BCUT2D eigenvalue weighted by atomic mass is 9.51. The van der Waals surface area contributed by atoms with Crippen molar-refractivity contribution >= 4 is 16.9 Å². The molecule has 5 rings (SSSR count). The van der Waals surface area contributed by atoms with Crippen LogP contribution in [0.5, 0.6) is 5.75 Å². The van der Waals surface area contributed by atoms with Gasteiger partial charge in [-0.05, 0) is 66.1 Å². The molecule has 1 aliphatic heterocycles. The van der Waals surface area contributed by atoms with Crippen LogP contribution in [-0.4, -0.2) is 40.5 Å². The molecule has 1 aliphatic carbocycles. The van der Waals surface area contributed by atoms with Crippen molar-refractivity contribution in [3.05, 3.63) is 58.9 Å². The molecule has 3 aromatic rings. The standard InChI is InChI=1S/C25H29N3O2/c1-15-10-17-12-22-24(2,3)25(4,18(17)13-21(15)30-5)8-9-28(22)23(29)16-6-7-19-20(11-16)27-14-26-19/h6-7,10-11,13-14,22H,8-9,12H2,1-5H3,(H,26,27)/t22-,25-/m1/s1. The molecular weight excluding hydrogens is 374 g/mol. The average molecular weight is 404 g/mol. The molecule has 2 aliphatic rings. The zero-order chi connectivity index (χ0) is 21.3. The highest BCUT2D eigenvalue weighted by Crippen LogP contribution is 2.57. The van der Waals surface area contributed by atoms with E-state index in [9.17, 15) is 4.79 Å². The first kappa shape index (κ1) is 19.2. The van der Waals surface area contributed by atoms with E-state index in [0.717, 1.165) is 47.3 Å². The summed E-state index contributed by atoms with van der Waals surface area (Å²) in [4.78, 5) is 23.1. The first-order valence-corrected chi connectivity index (χ1v) is 10.7. The van der Waals surface area contributed by atoms with Gasteiger partial charge in [-0.15, -0.1) is 0 Å². The molecule has 1 N–H and O–H groups in total. The van der Waals surface area contributed by atoms with Crippen molar-refractivity contribution in [3.8, 4) is 5.75 Å². The van der Waals surface area contributed by atoms with Crippen molar-refractivity contribution in [3.63, 3.8) is 0 Å². The van der Waals surface area contributed by atoms with Crippen molar-refractivity contribution in [2.75, 3.05) is 13.7 Å². The summed E-state index contributed by atoms with van der Waals surface area (Å²) in [7, 11) is 1.74. The molecule has 5 heteroatoms. The van der Waals surface area contributed by atoms with Crippen LogP contribution in [0.1, 0.15) is 54.2 Å². The molecule has 1 saturated heterocycles. The summed E-state index contributed by atoms with van der Waals surface area (Å²) in [5, 5.41) is 0. The van der Waals surface area contributed by atoms with Crippen LogP contribution in [0.3, 0.4) is 0 Å². The molecule has 0 spiro atoms. The van der Waals surface area contributed by atoms with Gasteiger partial charge in [0.05, 0.1) is 24.5 Å². The number of amides is 1. The van der Waals surface area contributed by atoms with Gasteiger partial charge in [-0.25, -0.2) is 4.98 Å². The number of nitrogens with one attached hydrogen (secondary N) is 1. The Labute approximate surface area is 177 Å². The van der Waals surface area contributed by atoms with Crippen LogP contribution in [0.4, 0.5) is 0 Å². The van der Waals surface area contributed by atoms with E-state index in [-0.39, 0.29) is 22.8 Å². The number of aromatic nitrogens is 2. The number of carbonyl (C=O) groups is 1. The number of likely N-dealkylation sites (tertiary alicyclic amines) is 1. The number of H-pyrrole nitrogens is 1. The highest BCUT2D eigenvalue weighted by atomic mass is 16.5. The summed E-state index contributed by atoms with van der Waals surface area (Å²) in [6.07, 6.45) is 3.48. The molecule has 1 aromatic heterocycles. The summed E-state index contributed by atoms with van der Waals surface area (Å²) >= 11 is 0. The Morgan fingerprint density at radius 2 is 2.03 bits per heavy atom. The first-order valence-electron chi connectivity index (χ1n) is 10.7. The fourth-order valence-electron chi connectivity index (χ4n) is 5.76. The van der Waals surface area contributed by atoms with Crippen LogP contribution in [0.2, 0.25) is 0 Å². The third-order valence-electron chi connectivity index (χ3n) is 8.04. The molecule has 156 valence electrons. The van der Waals surface area contributed by atoms with Gasteiger partial charge in [0.1, 0.15) is 5.75 Å². The summed E-state index contributed by atoms with van der Waals surface area (Å²) in [6.45, 7) is 9.87. The number of piperidine rings is 1. The van der Waals surface area contributed by atoms with Gasteiger partial charge in [0.15, 0.2) is 0 Å². The molecule has 0 radical (unpaired) electrons. The van der Waals surface area contributed by atoms with E-state index in [1.165, 1.54) is 11.1 Å². The van der Waals surface area contributed by atoms with Gasteiger partial charge >= 0.3 is 0 Å². The van der Waals surface area contributed by atoms with Gasteiger partial charge in [-0.2, -0.15) is 0 Å². The number of aromatic amines is 1. The molecule has 0 saturated carbocycles. The van der Waals surface area contributed by atoms with Gasteiger partial charge in [-0.3, -0.25) is 4.79 Å². The van der Waals surface area contributed by atoms with E-state index in [1.807, 2.05) is 18.2 Å². The number of fused-ring (bicyclic) bond motifs is 5. The predicted octanol–water partition coefficient (Wildman–Crippen LogP) is 4.63. The minimum absolute atomic E-state index is 0.00363. The van der Waals surface area contributed by atoms with Crippen molar-refractivity contribution in [1.82, 2.24) is 14.9 Å². The van der Waals surface area contributed by atoms with Crippen LogP contribution in [0, 0.1) is 12.3 Å². The Hall–Kier alpha value is -2.82. The Morgan fingerprint density at radius 3 is 2.80 bits per heavy atom. The quantitative estimate of drug-likeness (QED) is 0.678. The third-order valence-corrected chi connectivity index (χ3v) is 8.04. The Kier molecular flexibility index (Phi) is 4.05. The normalized spacial score (nSPS) is 24.6. The number of hydrogen-bond acceptors (Lipinski definition) is 3. The van der Waals surface area contributed by atoms with Gasteiger partial charge in [0, 0.05) is 23.6 Å². The Morgan fingerprint density at radius 1 is 1.23 bits per heavy atom. The minimum atomic E-state index is -0.0493. The molecule has 2 heterocycles. The number of methoxy groups -OCH3 is 1. The highest BCUT2D eigenvalue weighted by Gasteiger charge is 2.57. The number of benzene rings is 2. The molecule has 30 heavy (non-hydrogen) atoms. The number of imidazole rings is 1. The molecule has 2 atom stereocenters. The molecule has 1 fully saturated rings. The van der Waals surface area contributed by atoms with Crippen LogP contribution < -0.4 is 4.74 Å². The Bertz CT molecular complexity index is 1160. The molecule has 0 unspecified atom stereocenters. The summed E-state index contributed by atoms with van der Waals surface area (Å²) < 4.78 is 5.63. The average Bonchev–Trinajstić information content (AvgIpc) is 3.18. The fourth-order valence-corrected chi connectivity index (χ4v) is 5.76. The van der Waals surface area contributed by atoms with Crippen LogP contribution >= 0.6 is 0 Å². The van der Waals surface area contributed by atoms with Crippen molar-refractivity contribution in [2.45, 2.75) is 52.0 Å². The summed E-state index contributed by atoms with van der Waals surface area (Å²) in [5.74, 6) is 1.07. The molecular formula is C25H29N3O2. The zero-order valence-electron chi connectivity index (χ0n) is 18.4. The Balaban J connectivity index is 1.57. The van der Waals surface area contributed by atoms with Gasteiger partial charge in [0.25, 0.3) is 5.91 Å². The van der Waals surface area contributed by atoms with Gasteiger partial charge in [0.2, 0.25) is 0 Å². The maximum Gasteiger partial charge on any atom is 0.254 e. The lowest BCUT2D eigenvalue weighted by Gasteiger charge is -2.61. The van der Waals surface area contributed by atoms with Crippen LogP contribution in [-0.2, 0) is 11.8 Å². The number of nitrogens with zero attached hydrogens (tertiary/aromatic N) is 2. The summed E-state index contributed by atoms with van der Waals surface area (Å²) in [5.41, 5.74) is 6.34. The lowest BCUT2D eigenvalue weighted by molar-refractivity contribution is -0.0263. The van der Waals surface area contributed by atoms with E-state index in [4.69, 9.17) is 4.74 Å². The minimum Gasteiger partial charge on any atom is -0.496 e. The van der Waals surface area contributed by atoms with Crippen molar-refractivity contribution in [2.24, 2.45) is 5.41 Å². The predicted molar refractivity (Wildman–Crippen MR) is 118 cm³/mol. The SMILES string of the molecule is COc1cc2c(cc1C)C[C@H]1N(C(=O)c3ccc4nc[nH]c4c3)CC[C@@]2(C)C1(C)C. The maximum absolute atomic E-state index is 13.6. The molecule has 5 nitrogen and oxygen atoms in total. The molecule has 2 aromatic carbocycles. The second-order valence-electron chi connectivity index (χ2n) is 9.64. The fraction of sp³-hybridized carbons (Fsp3) is 0.440. The number of carbonyl (C=O) groups excluding carboxylic acids is 1. The highest BCUT2D eigenvalue weighted by molar-refractivity contribution is 5.97. The van der Waals surface area contributed by atoms with Gasteiger partial charge < -0.3 is 14.6 Å². The smallest absolute Gasteiger partial charge is 0.254 e. The van der Waals surface area contributed by atoms with E-state index >= 15 is 0 Å². The largest absolute Gasteiger partial charge is 0.496 e. The van der Waals surface area contributed by atoms with Gasteiger partial charge in [-0.1, -0.05) is 26.8 Å². The number of ether oxygens (including phenoxy) is 1. The second-order valence-corrected chi connectivity index (χ2v) is 9.64. The number of aryl methyl sites for hydroxylation is 1. The second kappa shape index (κ2) is 6.34. The maximum atomic E-state index is 13.6. The van der Waals surface area contributed by atoms with Crippen molar-refractivity contribution < 1.29 is 9.53 Å². The van der Waals surface area contributed by atoms with E-state index in [1.54, 1.807) is 13.4 Å². The van der Waals surface area contributed by atoms with Crippen LogP contribution in [0.15, 0.2) is 36.7 Å². The molecule has 1 amide bonds. The number of rotatable bonds is 2. The van der Waals surface area contributed by atoms with E-state index in [2.05, 4.69) is 54.7 Å². The topological polar surface area (TPSA) is 58.2 Å². The first-order chi connectivity index (χ1) is 14.3. The van der Waals surface area contributed by atoms with Crippen molar-refractivity contribution in [1.29, 1.82) is 0 Å². The van der Waals surface area contributed by atoms with Crippen LogP contribution in [0.25, 0.3) is 11.0 Å². The zero-order valence-corrected chi connectivity index (χ0v) is 18.4. The van der Waals surface area contributed by atoms with E-state index in [0.29, 0.717) is 0 Å². The monoisotopic (exact) mass is 403 g/mol. The number of hydrogen-bond donors (Lipinski definition) is 1. The molecule has 2 bridgehead atoms. The lowest BCUT2D eigenvalue weighted by Crippen LogP contribution is -2.64.